The summed E-state index contributed by atoms with van der Waals surface area (Å²) >= 11 is 0. The van der Waals surface area contributed by atoms with Gasteiger partial charge in [0.15, 0.2) is 6.39 Å². The van der Waals surface area contributed by atoms with Gasteiger partial charge in [-0.05, 0) is 0 Å². The van der Waals surface area contributed by atoms with Crippen LogP contribution in [-0.4, -0.2) is 20.2 Å². The van der Waals surface area contributed by atoms with Crippen molar-refractivity contribution < 1.29 is 4.42 Å². The Hall–Kier alpha value is -1.52. The monoisotopic (exact) mass is 122 g/mol. The molecule has 0 radical (unpaired) electrons. The molecule has 0 saturated carbocycles. The Morgan fingerprint density at radius 2 is 2.33 bits per heavy atom. The molecule has 0 unspecified atom stereocenters. The number of hydrogen-bond acceptors (Lipinski definition) is 5. The third kappa shape index (κ3) is 0.543. The predicted molar refractivity (Wildman–Crippen MR) is 27.4 cm³/mol. The van der Waals surface area contributed by atoms with E-state index in [9.17, 15) is 0 Å². The van der Waals surface area contributed by atoms with Gasteiger partial charge in [0.1, 0.15) is 6.33 Å². The summed E-state index contributed by atoms with van der Waals surface area (Å²) in [7, 11) is 0. The fourth-order valence-electron chi connectivity index (χ4n) is 0.550. The number of hydrogen-bond donors (Lipinski definition) is 0. The van der Waals surface area contributed by atoms with Crippen LogP contribution in [0.25, 0.3) is 11.4 Å². The first-order chi connectivity index (χ1) is 4.47. The molecule has 0 aliphatic carbocycles. The highest BCUT2D eigenvalue weighted by Gasteiger charge is 1.96. The molecule has 0 N–H and O–H groups in total. The molecule has 0 aromatic carbocycles. The largest absolute Gasteiger partial charge is 0.424 e. The molecule has 0 aliphatic heterocycles. The highest BCUT2D eigenvalue weighted by atomic mass is 16.3. The predicted octanol–water partition coefficient (Wildman–Crippen LogP) is 0.0128. The molecule has 2 rings (SSSR count). The van der Waals surface area contributed by atoms with Crippen molar-refractivity contribution in [2.75, 3.05) is 0 Å². The summed E-state index contributed by atoms with van der Waals surface area (Å²) in [4.78, 5) is 7.45. The summed E-state index contributed by atoms with van der Waals surface area (Å²) < 4.78 is 4.79. The smallest absolute Gasteiger partial charge is 0.269 e. The van der Waals surface area contributed by atoms with Crippen molar-refractivity contribution in [2.24, 2.45) is 0 Å². The van der Waals surface area contributed by atoms with Crippen LogP contribution in [0.15, 0.2) is 17.1 Å². The molecule has 0 saturated heterocycles. The Labute approximate surface area is 49.8 Å². The fourth-order valence-corrected chi connectivity index (χ4v) is 0.550. The molecule has 0 atom stereocenters. The van der Waals surface area contributed by atoms with E-state index in [0.717, 1.165) is 0 Å². The van der Waals surface area contributed by atoms with Crippen LogP contribution in [0.4, 0.5) is 0 Å². The molecule has 2 aromatic rings. The summed E-state index contributed by atoms with van der Waals surface area (Å²) in [5, 5.41) is 7.13. The first-order valence-electron chi connectivity index (χ1n) is 2.34. The molecule has 9 heavy (non-hydrogen) atoms. The number of fused-ring (bicyclic) bond motifs is 1. The molecule has 0 spiro atoms. The van der Waals surface area contributed by atoms with Gasteiger partial charge in [-0.15, -0.1) is 10.2 Å². The van der Waals surface area contributed by atoms with Gasteiger partial charge in [-0.1, -0.05) is 0 Å². The fraction of sp³-hybridized carbons (Fsp3) is 0. The zero-order valence-corrected chi connectivity index (χ0v) is 4.35. The van der Waals surface area contributed by atoms with E-state index in [4.69, 9.17) is 4.42 Å². The first kappa shape index (κ1) is 4.37. The third-order valence-corrected chi connectivity index (χ3v) is 0.910. The van der Waals surface area contributed by atoms with Crippen LogP contribution < -0.4 is 0 Å². The maximum atomic E-state index is 4.79. The van der Waals surface area contributed by atoms with Crippen LogP contribution in [0.3, 0.4) is 0 Å². The van der Waals surface area contributed by atoms with Gasteiger partial charge in [0.2, 0.25) is 5.65 Å². The minimum Gasteiger partial charge on any atom is -0.424 e. The highest BCUT2D eigenvalue weighted by molar-refractivity contribution is 5.59. The molecule has 0 aliphatic rings. The lowest BCUT2D eigenvalue weighted by Gasteiger charge is -1.77. The summed E-state index contributed by atoms with van der Waals surface area (Å²) in [6.07, 6.45) is 2.60. The molecule has 2 aromatic heterocycles. The van der Waals surface area contributed by atoms with Crippen LogP contribution in [0, 0.1) is 0 Å². The van der Waals surface area contributed by atoms with Crippen molar-refractivity contribution >= 4 is 11.4 Å². The molecule has 5 nitrogen and oxygen atoms in total. The van der Waals surface area contributed by atoms with Gasteiger partial charge in [0.25, 0.3) is 5.71 Å². The molecule has 0 bridgehead atoms. The summed E-state index contributed by atoms with van der Waals surface area (Å²) in [5.74, 6) is 0. The second-order valence-electron chi connectivity index (χ2n) is 1.44. The van der Waals surface area contributed by atoms with Gasteiger partial charge in [-0.2, -0.15) is 9.97 Å². The Kier molecular flexibility index (Phi) is 0.717. The van der Waals surface area contributed by atoms with Crippen molar-refractivity contribution in [3.05, 3.63) is 12.7 Å². The number of oxazole rings is 1. The minimum absolute atomic E-state index is 0.421. The molecule has 0 fully saturated rings. The van der Waals surface area contributed by atoms with E-state index in [-0.39, 0.29) is 0 Å². The van der Waals surface area contributed by atoms with Gasteiger partial charge in [-0.3, -0.25) is 0 Å². The van der Waals surface area contributed by atoms with E-state index in [1.807, 2.05) is 0 Å². The van der Waals surface area contributed by atoms with Crippen molar-refractivity contribution in [3.63, 3.8) is 0 Å². The second-order valence-corrected chi connectivity index (χ2v) is 1.44. The minimum atomic E-state index is 0.421. The zero-order valence-electron chi connectivity index (χ0n) is 4.35. The van der Waals surface area contributed by atoms with E-state index in [0.29, 0.717) is 11.4 Å². The summed E-state index contributed by atoms with van der Waals surface area (Å²) in [6.45, 7) is 0. The van der Waals surface area contributed by atoms with Crippen molar-refractivity contribution in [1.82, 2.24) is 20.2 Å². The van der Waals surface area contributed by atoms with E-state index in [1.165, 1.54) is 12.7 Å². The second kappa shape index (κ2) is 1.48. The maximum absolute atomic E-state index is 4.79. The lowest BCUT2D eigenvalue weighted by atomic mass is 10.8. The lowest BCUT2D eigenvalue weighted by Crippen LogP contribution is -1.82. The van der Waals surface area contributed by atoms with E-state index in [2.05, 4.69) is 20.2 Å². The highest BCUT2D eigenvalue weighted by Crippen LogP contribution is 2.00. The lowest BCUT2D eigenvalue weighted by molar-refractivity contribution is 0.589. The van der Waals surface area contributed by atoms with Crippen LogP contribution in [0.1, 0.15) is 0 Å². The molecule has 0 amide bonds. The number of aromatic nitrogens is 4. The van der Waals surface area contributed by atoms with Crippen molar-refractivity contribution in [3.8, 4) is 0 Å². The standard InChI is InChI=1S/C4H2N4O/c1-5-4-3(8-7-1)6-2-9-4/h1-2H. The van der Waals surface area contributed by atoms with Gasteiger partial charge in [0.05, 0.1) is 0 Å². The third-order valence-electron chi connectivity index (χ3n) is 0.910. The summed E-state index contributed by atoms with van der Waals surface area (Å²) in [6, 6.07) is 0. The number of nitrogens with zero attached hydrogens (tertiary/aromatic N) is 4. The molecule has 2 heterocycles. The Balaban J connectivity index is 2.95. The first-order valence-corrected chi connectivity index (χ1v) is 2.34. The van der Waals surface area contributed by atoms with Crippen LogP contribution in [0.2, 0.25) is 0 Å². The zero-order chi connectivity index (χ0) is 6.10. The van der Waals surface area contributed by atoms with Crippen LogP contribution in [-0.2, 0) is 0 Å². The average Bonchev–Trinajstić information content (AvgIpc) is 2.33. The van der Waals surface area contributed by atoms with Crippen molar-refractivity contribution in [1.29, 1.82) is 0 Å². The van der Waals surface area contributed by atoms with E-state index < -0.39 is 0 Å². The molecular weight excluding hydrogens is 120 g/mol. The van der Waals surface area contributed by atoms with Crippen LogP contribution in [0.5, 0.6) is 0 Å². The van der Waals surface area contributed by atoms with Gasteiger partial charge in [-0.25, -0.2) is 0 Å². The Bertz CT molecular complexity index is 287. The normalized spacial score (nSPS) is 10.2. The molecule has 44 valence electrons. The SMILES string of the molecule is c1nnc2ncoc2n1. The van der Waals surface area contributed by atoms with Gasteiger partial charge >= 0.3 is 0 Å². The maximum Gasteiger partial charge on any atom is 0.269 e. The topological polar surface area (TPSA) is 64.7 Å². The average molecular weight is 122 g/mol. The quantitative estimate of drug-likeness (QED) is 0.492. The molecule has 5 heteroatoms. The van der Waals surface area contributed by atoms with Crippen molar-refractivity contribution in [2.45, 2.75) is 0 Å². The van der Waals surface area contributed by atoms with E-state index >= 15 is 0 Å². The summed E-state index contributed by atoms with van der Waals surface area (Å²) in [5.41, 5.74) is 0.863. The Morgan fingerprint density at radius 3 is 3.22 bits per heavy atom. The number of rotatable bonds is 0. The Morgan fingerprint density at radius 1 is 1.33 bits per heavy atom. The van der Waals surface area contributed by atoms with E-state index in [1.54, 1.807) is 0 Å². The van der Waals surface area contributed by atoms with Crippen LogP contribution >= 0.6 is 0 Å². The van der Waals surface area contributed by atoms with Gasteiger partial charge in [0, 0.05) is 0 Å². The molecular formula is C4H2N4O. The van der Waals surface area contributed by atoms with Gasteiger partial charge < -0.3 is 4.42 Å².